The van der Waals surface area contributed by atoms with E-state index in [0.717, 1.165) is 12.0 Å². The van der Waals surface area contributed by atoms with Crippen molar-refractivity contribution >= 4 is 10.0 Å². The SMILES string of the molecule is NCc1ccc(S(=O)(=O)N2CC=CCC2)cc1. The summed E-state index contributed by atoms with van der Waals surface area (Å²) in [7, 11) is -3.35. The van der Waals surface area contributed by atoms with E-state index in [1.54, 1.807) is 24.3 Å². The third-order valence-electron chi connectivity index (χ3n) is 2.82. The maximum atomic E-state index is 12.2. The summed E-state index contributed by atoms with van der Waals surface area (Å²) in [6.45, 7) is 1.44. The summed E-state index contributed by atoms with van der Waals surface area (Å²) in [4.78, 5) is 0.338. The molecular weight excluding hydrogens is 236 g/mol. The number of rotatable bonds is 3. The van der Waals surface area contributed by atoms with Gasteiger partial charge in [0.1, 0.15) is 0 Å². The third-order valence-corrected chi connectivity index (χ3v) is 4.70. The van der Waals surface area contributed by atoms with Crippen LogP contribution in [-0.2, 0) is 16.6 Å². The molecule has 0 fully saturated rings. The van der Waals surface area contributed by atoms with Gasteiger partial charge in [-0.15, -0.1) is 0 Å². The lowest BCUT2D eigenvalue weighted by Crippen LogP contribution is -2.33. The van der Waals surface area contributed by atoms with Crippen LogP contribution in [0.1, 0.15) is 12.0 Å². The molecule has 0 spiro atoms. The lowest BCUT2D eigenvalue weighted by Gasteiger charge is -2.22. The highest BCUT2D eigenvalue weighted by Gasteiger charge is 2.23. The fourth-order valence-electron chi connectivity index (χ4n) is 1.78. The van der Waals surface area contributed by atoms with Gasteiger partial charge < -0.3 is 5.73 Å². The van der Waals surface area contributed by atoms with E-state index in [0.29, 0.717) is 24.5 Å². The minimum Gasteiger partial charge on any atom is -0.326 e. The number of hydrogen-bond donors (Lipinski definition) is 1. The zero-order chi connectivity index (χ0) is 12.3. The lowest BCUT2D eigenvalue weighted by molar-refractivity contribution is 0.437. The van der Waals surface area contributed by atoms with Crippen LogP contribution in [-0.4, -0.2) is 25.8 Å². The molecule has 2 N–H and O–H groups in total. The van der Waals surface area contributed by atoms with Gasteiger partial charge in [-0.1, -0.05) is 24.3 Å². The average molecular weight is 252 g/mol. The summed E-state index contributed by atoms with van der Waals surface area (Å²) in [5.41, 5.74) is 6.42. The first-order valence-electron chi connectivity index (χ1n) is 5.59. The van der Waals surface area contributed by atoms with Crippen LogP contribution in [0, 0.1) is 0 Å². The van der Waals surface area contributed by atoms with Crippen LogP contribution < -0.4 is 5.73 Å². The van der Waals surface area contributed by atoms with Crippen LogP contribution >= 0.6 is 0 Å². The van der Waals surface area contributed by atoms with E-state index >= 15 is 0 Å². The lowest BCUT2D eigenvalue weighted by atomic mass is 10.2. The van der Waals surface area contributed by atoms with Crippen LogP contribution in [0.25, 0.3) is 0 Å². The topological polar surface area (TPSA) is 63.4 Å². The Balaban J connectivity index is 2.27. The zero-order valence-corrected chi connectivity index (χ0v) is 10.4. The monoisotopic (exact) mass is 252 g/mol. The Labute approximate surface area is 102 Å². The second-order valence-electron chi connectivity index (χ2n) is 3.97. The Morgan fingerprint density at radius 1 is 1.18 bits per heavy atom. The number of sulfonamides is 1. The Morgan fingerprint density at radius 2 is 1.88 bits per heavy atom. The highest BCUT2D eigenvalue weighted by Crippen LogP contribution is 2.18. The predicted molar refractivity (Wildman–Crippen MR) is 66.8 cm³/mol. The smallest absolute Gasteiger partial charge is 0.243 e. The first kappa shape index (κ1) is 12.3. The quantitative estimate of drug-likeness (QED) is 0.819. The number of benzene rings is 1. The van der Waals surface area contributed by atoms with E-state index in [9.17, 15) is 8.42 Å². The Bertz CT molecular complexity index is 506. The fourth-order valence-corrected chi connectivity index (χ4v) is 3.19. The van der Waals surface area contributed by atoms with E-state index < -0.39 is 10.0 Å². The summed E-state index contributed by atoms with van der Waals surface area (Å²) >= 11 is 0. The summed E-state index contributed by atoms with van der Waals surface area (Å²) in [5.74, 6) is 0. The molecule has 0 saturated carbocycles. The second kappa shape index (κ2) is 5.00. The molecule has 0 amide bonds. The van der Waals surface area contributed by atoms with Crippen molar-refractivity contribution in [1.29, 1.82) is 0 Å². The molecule has 0 unspecified atom stereocenters. The van der Waals surface area contributed by atoms with Gasteiger partial charge in [0.05, 0.1) is 4.90 Å². The van der Waals surface area contributed by atoms with Crippen molar-refractivity contribution in [3.63, 3.8) is 0 Å². The molecule has 4 nitrogen and oxygen atoms in total. The molecule has 1 heterocycles. The van der Waals surface area contributed by atoms with Crippen molar-refractivity contribution in [2.24, 2.45) is 5.73 Å². The van der Waals surface area contributed by atoms with Gasteiger partial charge in [-0.2, -0.15) is 4.31 Å². The zero-order valence-electron chi connectivity index (χ0n) is 9.54. The van der Waals surface area contributed by atoms with Crippen molar-refractivity contribution in [3.8, 4) is 0 Å². The molecule has 1 aromatic carbocycles. The van der Waals surface area contributed by atoms with Gasteiger partial charge >= 0.3 is 0 Å². The minimum absolute atomic E-state index is 0.338. The molecular formula is C12H16N2O2S. The van der Waals surface area contributed by atoms with Gasteiger partial charge in [0, 0.05) is 19.6 Å². The fraction of sp³-hybridized carbons (Fsp3) is 0.333. The van der Waals surface area contributed by atoms with E-state index in [1.165, 1.54) is 4.31 Å². The van der Waals surface area contributed by atoms with Gasteiger partial charge in [-0.25, -0.2) is 8.42 Å². The first-order chi connectivity index (χ1) is 8.14. The largest absolute Gasteiger partial charge is 0.326 e. The predicted octanol–water partition coefficient (Wildman–Crippen LogP) is 1.10. The van der Waals surface area contributed by atoms with Crippen LogP contribution in [0.3, 0.4) is 0 Å². The molecule has 17 heavy (non-hydrogen) atoms. The maximum absolute atomic E-state index is 12.2. The molecule has 0 aromatic heterocycles. The molecule has 0 bridgehead atoms. The van der Waals surface area contributed by atoms with Crippen molar-refractivity contribution in [3.05, 3.63) is 42.0 Å². The number of hydrogen-bond acceptors (Lipinski definition) is 3. The molecule has 0 saturated heterocycles. The number of nitrogens with two attached hydrogens (primary N) is 1. The molecule has 5 heteroatoms. The van der Waals surface area contributed by atoms with Crippen LogP contribution in [0.15, 0.2) is 41.3 Å². The van der Waals surface area contributed by atoms with E-state index in [1.807, 2.05) is 12.2 Å². The van der Waals surface area contributed by atoms with Gasteiger partial charge in [0.25, 0.3) is 0 Å². The van der Waals surface area contributed by atoms with E-state index in [4.69, 9.17) is 5.73 Å². The van der Waals surface area contributed by atoms with Gasteiger partial charge in [-0.05, 0) is 24.1 Å². The highest BCUT2D eigenvalue weighted by molar-refractivity contribution is 7.89. The summed E-state index contributed by atoms with van der Waals surface area (Å²) in [6, 6.07) is 6.75. The van der Waals surface area contributed by atoms with Gasteiger partial charge in [0.2, 0.25) is 10.0 Å². The Hall–Kier alpha value is -1.17. The van der Waals surface area contributed by atoms with Crippen molar-refractivity contribution in [2.45, 2.75) is 17.9 Å². The highest BCUT2D eigenvalue weighted by atomic mass is 32.2. The van der Waals surface area contributed by atoms with Crippen LogP contribution in [0.4, 0.5) is 0 Å². The van der Waals surface area contributed by atoms with E-state index in [-0.39, 0.29) is 0 Å². The normalized spacial score (nSPS) is 17.2. The van der Waals surface area contributed by atoms with Crippen LogP contribution in [0.2, 0.25) is 0 Å². The minimum atomic E-state index is -3.35. The van der Waals surface area contributed by atoms with Crippen molar-refractivity contribution in [2.75, 3.05) is 13.1 Å². The molecule has 1 aliphatic rings. The summed E-state index contributed by atoms with van der Waals surface area (Å²) < 4.78 is 26.0. The van der Waals surface area contributed by atoms with Crippen molar-refractivity contribution < 1.29 is 8.42 Å². The Kier molecular flexibility index (Phi) is 3.61. The molecule has 1 aromatic rings. The molecule has 0 aliphatic carbocycles. The molecule has 0 atom stereocenters. The Morgan fingerprint density at radius 3 is 2.41 bits per heavy atom. The summed E-state index contributed by atoms with van der Waals surface area (Å²) in [6.07, 6.45) is 4.67. The van der Waals surface area contributed by atoms with Gasteiger partial charge in [0.15, 0.2) is 0 Å². The van der Waals surface area contributed by atoms with Gasteiger partial charge in [-0.3, -0.25) is 0 Å². The first-order valence-corrected chi connectivity index (χ1v) is 7.03. The van der Waals surface area contributed by atoms with E-state index in [2.05, 4.69) is 0 Å². The van der Waals surface area contributed by atoms with Crippen molar-refractivity contribution in [1.82, 2.24) is 4.31 Å². The average Bonchev–Trinajstić information content (AvgIpc) is 2.40. The third kappa shape index (κ3) is 2.57. The second-order valence-corrected chi connectivity index (χ2v) is 5.91. The molecule has 2 rings (SSSR count). The molecule has 92 valence electrons. The summed E-state index contributed by atoms with van der Waals surface area (Å²) in [5, 5.41) is 0. The molecule has 1 aliphatic heterocycles. The number of nitrogens with zero attached hydrogens (tertiary/aromatic N) is 1. The van der Waals surface area contributed by atoms with Crippen LogP contribution in [0.5, 0.6) is 0 Å². The standard InChI is InChI=1S/C12H16N2O2S/c13-10-11-4-6-12(7-5-11)17(15,16)14-8-2-1-3-9-14/h1-2,4-7H,3,8-10,13H2. The molecule has 0 radical (unpaired) electrons. The maximum Gasteiger partial charge on any atom is 0.243 e.